The Labute approximate surface area is 63.6 Å². The molecule has 0 saturated heterocycles. The third kappa shape index (κ3) is 6.24. The number of rotatable bonds is 5. The van der Waals surface area contributed by atoms with E-state index in [2.05, 4.69) is 38.0 Å². The largest absolute Gasteiger partial charge is 0.319 e. The summed E-state index contributed by atoms with van der Waals surface area (Å²) in [7, 11) is 6.66. The SMILES string of the molecule is CC(CNC[Si])NC[Si]. The molecular formula is C5H12N2Si2. The lowest BCUT2D eigenvalue weighted by molar-refractivity contribution is 0.557. The summed E-state index contributed by atoms with van der Waals surface area (Å²) >= 11 is 0. The Morgan fingerprint density at radius 1 is 1.33 bits per heavy atom. The van der Waals surface area contributed by atoms with Gasteiger partial charge in [0.05, 0.1) is 0 Å². The molecule has 0 rings (SSSR count). The Balaban J connectivity index is 2.95. The first-order chi connectivity index (χ1) is 4.31. The molecule has 2 nitrogen and oxygen atoms in total. The number of hydrogen-bond donors (Lipinski definition) is 2. The number of nitrogens with one attached hydrogen (secondary N) is 2. The minimum Gasteiger partial charge on any atom is -0.319 e. The van der Waals surface area contributed by atoms with Gasteiger partial charge in [-0.2, -0.15) is 0 Å². The van der Waals surface area contributed by atoms with Gasteiger partial charge in [-0.1, -0.05) is 0 Å². The smallest absolute Gasteiger partial charge is 0.0428 e. The molecular weight excluding hydrogens is 144 g/mol. The first kappa shape index (κ1) is 9.35. The predicted molar refractivity (Wildman–Crippen MR) is 41.8 cm³/mol. The first-order valence-electron chi connectivity index (χ1n) is 3.04. The molecule has 0 aliphatic rings. The second-order valence-corrected chi connectivity index (χ2v) is 2.62. The molecule has 0 aliphatic carbocycles. The monoisotopic (exact) mass is 156 g/mol. The van der Waals surface area contributed by atoms with Crippen molar-refractivity contribution in [1.82, 2.24) is 10.6 Å². The normalized spacial score (nSPS) is 13.7. The Morgan fingerprint density at radius 3 is 2.44 bits per heavy atom. The molecule has 0 aromatic heterocycles. The van der Waals surface area contributed by atoms with E-state index in [0.29, 0.717) is 6.04 Å². The van der Waals surface area contributed by atoms with Crippen LogP contribution in [-0.2, 0) is 0 Å². The van der Waals surface area contributed by atoms with E-state index in [9.17, 15) is 0 Å². The van der Waals surface area contributed by atoms with Gasteiger partial charge in [-0.25, -0.2) is 0 Å². The van der Waals surface area contributed by atoms with E-state index < -0.39 is 0 Å². The fourth-order valence-corrected chi connectivity index (χ4v) is 1.03. The quantitative estimate of drug-likeness (QED) is 0.489. The lowest BCUT2D eigenvalue weighted by Gasteiger charge is -2.11. The minimum absolute atomic E-state index is 0.527. The molecule has 0 aromatic rings. The highest BCUT2D eigenvalue weighted by Gasteiger charge is 1.94. The molecule has 0 heterocycles. The van der Waals surface area contributed by atoms with Crippen LogP contribution in [0.2, 0.25) is 0 Å². The van der Waals surface area contributed by atoms with Crippen LogP contribution in [0.25, 0.3) is 0 Å². The van der Waals surface area contributed by atoms with Gasteiger partial charge in [-0.05, 0) is 19.3 Å². The van der Waals surface area contributed by atoms with Crippen molar-refractivity contribution in [2.45, 2.75) is 13.0 Å². The van der Waals surface area contributed by atoms with Gasteiger partial charge in [0, 0.05) is 33.1 Å². The lowest BCUT2D eigenvalue weighted by atomic mass is 10.3. The molecule has 0 spiro atoms. The molecule has 0 fully saturated rings. The third-order valence-electron chi connectivity index (χ3n) is 1.03. The van der Waals surface area contributed by atoms with E-state index in [0.717, 1.165) is 18.9 Å². The standard InChI is InChI=1S/C5H12N2Si2/c1-5(7-4-9)2-6-3-8/h5-7H,2-4H2,1H3. The van der Waals surface area contributed by atoms with Crippen LogP contribution in [0.15, 0.2) is 0 Å². The zero-order valence-corrected chi connectivity index (χ0v) is 7.70. The Bertz CT molecular complexity index is 60.9. The van der Waals surface area contributed by atoms with Gasteiger partial charge >= 0.3 is 0 Å². The van der Waals surface area contributed by atoms with Crippen LogP contribution in [0.4, 0.5) is 0 Å². The van der Waals surface area contributed by atoms with E-state index in [4.69, 9.17) is 0 Å². The van der Waals surface area contributed by atoms with Crippen LogP contribution in [-0.4, -0.2) is 45.4 Å². The van der Waals surface area contributed by atoms with Crippen molar-refractivity contribution in [2.24, 2.45) is 0 Å². The molecule has 1 atom stereocenters. The summed E-state index contributed by atoms with van der Waals surface area (Å²) < 4.78 is 0. The topological polar surface area (TPSA) is 24.1 Å². The second-order valence-electron chi connectivity index (χ2n) is 1.91. The van der Waals surface area contributed by atoms with Crippen molar-refractivity contribution < 1.29 is 0 Å². The first-order valence-corrected chi connectivity index (χ1v) is 4.46. The molecule has 4 heteroatoms. The van der Waals surface area contributed by atoms with Crippen LogP contribution < -0.4 is 10.6 Å². The van der Waals surface area contributed by atoms with Crippen molar-refractivity contribution in [3.05, 3.63) is 0 Å². The zero-order valence-electron chi connectivity index (χ0n) is 5.70. The summed E-state index contributed by atoms with van der Waals surface area (Å²) in [5.41, 5.74) is 0. The summed E-state index contributed by atoms with van der Waals surface area (Å²) in [5, 5.41) is 6.37. The van der Waals surface area contributed by atoms with Gasteiger partial charge in [0.1, 0.15) is 0 Å². The van der Waals surface area contributed by atoms with Crippen molar-refractivity contribution in [1.29, 1.82) is 0 Å². The minimum atomic E-state index is 0.527. The highest BCUT2D eigenvalue weighted by atomic mass is 28.1. The Morgan fingerprint density at radius 2 is 2.00 bits per heavy atom. The Hall–Kier alpha value is 0.354. The molecule has 9 heavy (non-hydrogen) atoms. The van der Waals surface area contributed by atoms with E-state index in [1.807, 2.05) is 0 Å². The summed E-state index contributed by atoms with van der Waals surface area (Å²) in [6.07, 6.45) is 1.71. The van der Waals surface area contributed by atoms with Gasteiger partial charge in [0.15, 0.2) is 0 Å². The average molecular weight is 156 g/mol. The van der Waals surface area contributed by atoms with Crippen molar-refractivity contribution in [2.75, 3.05) is 18.9 Å². The zero-order chi connectivity index (χ0) is 7.11. The number of hydrogen-bond acceptors (Lipinski definition) is 2. The Kier molecular flexibility index (Phi) is 6.73. The third-order valence-corrected chi connectivity index (χ3v) is 1.48. The highest BCUT2D eigenvalue weighted by molar-refractivity contribution is 6.09. The fraction of sp³-hybridized carbons (Fsp3) is 1.00. The summed E-state index contributed by atoms with van der Waals surface area (Å²) in [4.78, 5) is 0. The second kappa shape index (κ2) is 6.47. The summed E-state index contributed by atoms with van der Waals surface area (Å²) in [6.45, 7) is 3.13. The molecule has 0 aliphatic heterocycles. The lowest BCUT2D eigenvalue weighted by Crippen LogP contribution is -2.37. The van der Waals surface area contributed by atoms with Crippen LogP contribution in [0.1, 0.15) is 6.92 Å². The molecule has 0 amide bonds. The predicted octanol–water partition coefficient (Wildman–Crippen LogP) is -1.19. The molecule has 6 radical (unpaired) electrons. The molecule has 2 N–H and O–H groups in total. The molecule has 0 saturated carbocycles. The van der Waals surface area contributed by atoms with Crippen LogP contribution in [0.3, 0.4) is 0 Å². The maximum atomic E-state index is 3.33. The van der Waals surface area contributed by atoms with Crippen LogP contribution in [0, 0.1) is 0 Å². The van der Waals surface area contributed by atoms with Gasteiger partial charge in [-0.15, -0.1) is 0 Å². The fourth-order valence-electron chi connectivity index (χ4n) is 0.535. The molecule has 50 valence electrons. The van der Waals surface area contributed by atoms with Crippen molar-refractivity contribution in [3.63, 3.8) is 0 Å². The van der Waals surface area contributed by atoms with Gasteiger partial charge in [0.25, 0.3) is 0 Å². The summed E-state index contributed by atoms with van der Waals surface area (Å²) in [6, 6.07) is 0.527. The van der Waals surface area contributed by atoms with Crippen molar-refractivity contribution >= 4 is 20.5 Å². The summed E-state index contributed by atoms with van der Waals surface area (Å²) in [5.74, 6) is 0. The van der Waals surface area contributed by atoms with E-state index >= 15 is 0 Å². The van der Waals surface area contributed by atoms with E-state index in [1.54, 1.807) is 0 Å². The average Bonchev–Trinajstić information content (AvgIpc) is 1.85. The maximum Gasteiger partial charge on any atom is 0.0428 e. The highest BCUT2D eigenvalue weighted by Crippen LogP contribution is 1.73. The molecule has 0 bridgehead atoms. The van der Waals surface area contributed by atoms with Crippen LogP contribution in [0.5, 0.6) is 0 Å². The van der Waals surface area contributed by atoms with Gasteiger partial charge in [0.2, 0.25) is 0 Å². The molecule has 1 unspecified atom stereocenters. The molecule has 0 aromatic carbocycles. The van der Waals surface area contributed by atoms with Crippen molar-refractivity contribution in [3.8, 4) is 0 Å². The van der Waals surface area contributed by atoms with E-state index in [-0.39, 0.29) is 0 Å². The van der Waals surface area contributed by atoms with Gasteiger partial charge < -0.3 is 10.6 Å². The van der Waals surface area contributed by atoms with Gasteiger partial charge in [-0.3, -0.25) is 0 Å². The van der Waals surface area contributed by atoms with E-state index in [1.165, 1.54) is 0 Å². The maximum absolute atomic E-state index is 3.33. The van der Waals surface area contributed by atoms with Crippen LogP contribution >= 0.6 is 0 Å².